The van der Waals surface area contributed by atoms with Crippen LogP contribution in [0.5, 0.6) is 5.75 Å². The van der Waals surface area contributed by atoms with E-state index in [0.717, 1.165) is 4.90 Å². The third-order valence-electron chi connectivity index (χ3n) is 5.78. The Morgan fingerprint density at radius 3 is 2.33 bits per heavy atom. The summed E-state index contributed by atoms with van der Waals surface area (Å²) in [7, 11) is 1.31. The summed E-state index contributed by atoms with van der Waals surface area (Å²) in [6.45, 7) is 8.86. The first-order valence-electron chi connectivity index (χ1n) is 11.5. The lowest BCUT2D eigenvalue weighted by molar-refractivity contribution is -0.159. The van der Waals surface area contributed by atoms with Crippen LogP contribution >= 0.6 is 27.5 Å². The number of fused-ring (bicyclic) bond motifs is 1. The predicted molar refractivity (Wildman–Crippen MR) is 143 cm³/mol. The van der Waals surface area contributed by atoms with E-state index in [1.54, 1.807) is 63.2 Å². The van der Waals surface area contributed by atoms with Gasteiger partial charge in [0.2, 0.25) is 5.60 Å². The second-order valence-electron chi connectivity index (χ2n) is 9.32. The molecule has 0 saturated heterocycles. The number of methoxy groups -OCH3 is 1. The SMILES string of the molecule is CCC(CC)(Oc1ccc(Cl)cc1C=C1C(=O)N(C(=O)OC(C)(C)C)c2cc(Br)ccc21)C(=O)OC. The first kappa shape index (κ1) is 27.7. The Hall–Kier alpha value is -2.84. The molecule has 0 spiro atoms. The molecule has 1 aliphatic rings. The molecule has 2 aromatic carbocycles. The average molecular weight is 579 g/mol. The molecule has 2 aromatic rings. The van der Waals surface area contributed by atoms with Crippen LogP contribution in [0.25, 0.3) is 11.6 Å². The Labute approximate surface area is 224 Å². The Kier molecular flexibility index (Phi) is 8.20. The molecular formula is C27H29BrClNO6. The Morgan fingerprint density at radius 2 is 1.75 bits per heavy atom. The zero-order valence-electron chi connectivity index (χ0n) is 21.1. The van der Waals surface area contributed by atoms with Gasteiger partial charge in [-0.15, -0.1) is 0 Å². The van der Waals surface area contributed by atoms with Crippen molar-refractivity contribution in [3.8, 4) is 5.75 Å². The first-order chi connectivity index (χ1) is 16.9. The van der Waals surface area contributed by atoms with Crippen LogP contribution in [0.15, 0.2) is 40.9 Å². The molecule has 0 radical (unpaired) electrons. The molecule has 0 unspecified atom stereocenters. The van der Waals surface area contributed by atoms with Gasteiger partial charge < -0.3 is 14.2 Å². The van der Waals surface area contributed by atoms with E-state index in [0.29, 0.717) is 44.9 Å². The van der Waals surface area contributed by atoms with Crippen molar-refractivity contribution in [2.45, 2.75) is 58.7 Å². The van der Waals surface area contributed by atoms with E-state index in [2.05, 4.69) is 15.9 Å². The number of halogens is 2. The summed E-state index contributed by atoms with van der Waals surface area (Å²) >= 11 is 9.70. The summed E-state index contributed by atoms with van der Waals surface area (Å²) in [5.74, 6) is -0.694. The number of esters is 1. The standard InChI is InChI=1S/C27H29BrClNO6/c1-7-27(8-2,24(32)34-6)35-22-12-10-18(29)13-16(22)14-20-19-11-9-17(28)15-21(19)30(23(20)31)25(33)36-26(3,4)5/h9-15H,7-8H2,1-6H3. The molecule has 7 nitrogen and oxygen atoms in total. The monoisotopic (exact) mass is 577 g/mol. The minimum absolute atomic E-state index is 0.257. The van der Waals surface area contributed by atoms with E-state index < -0.39 is 29.2 Å². The average Bonchev–Trinajstić information content (AvgIpc) is 3.07. The normalized spacial score (nSPS) is 14.6. The van der Waals surface area contributed by atoms with Crippen molar-refractivity contribution in [1.82, 2.24) is 0 Å². The molecule has 1 aliphatic heterocycles. The summed E-state index contributed by atoms with van der Waals surface area (Å²) < 4.78 is 17.4. The lowest BCUT2D eigenvalue weighted by Crippen LogP contribution is -2.44. The number of imide groups is 1. The lowest BCUT2D eigenvalue weighted by atomic mass is 9.96. The minimum atomic E-state index is -1.21. The van der Waals surface area contributed by atoms with Gasteiger partial charge in [0.1, 0.15) is 11.4 Å². The van der Waals surface area contributed by atoms with Crippen molar-refractivity contribution in [3.63, 3.8) is 0 Å². The largest absolute Gasteiger partial charge is 0.475 e. The van der Waals surface area contributed by atoms with Crippen molar-refractivity contribution in [2.75, 3.05) is 12.0 Å². The fraction of sp³-hybridized carbons (Fsp3) is 0.370. The third-order valence-corrected chi connectivity index (χ3v) is 6.51. The maximum atomic E-state index is 13.5. The third kappa shape index (κ3) is 5.60. The van der Waals surface area contributed by atoms with Crippen molar-refractivity contribution < 1.29 is 28.6 Å². The number of nitrogens with zero attached hydrogens (tertiary/aromatic N) is 1. The summed E-state index contributed by atoms with van der Waals surface area (Å²) in [6.07, 6.45) is 1.57. The van der Waals surface area contributed by atoms with Crippen LogP contribution in [-0.2, 0) is 19.1 Å². The molecule has 0 aliphatic carbocycles. The van der Waals surface area contributed by atoms with E-state index in [4.69, 9.17) is 25.8 Å². The maximum Gasteiger partial charge on any atom is 0.422 e. The van der Waals surface area contributed by atoms with Gasteiger partial charge in [0, 0.05) is 20.6 Å². The molecule has 2 amide bonds. The van der Waals surface area contributed by atoms with E-state index in [1.165, 1.54) is 7.11 Å². The fourth-order valence-corrected chi connectivity index (χ4v) is 4.42. The molecule has 0 N–H and O–H groups in total. The van der Waals surface area contributed by atoms with Crippen LogP contribution < -0.4 is 9.64 Å². The second-order valence-corrected chi connectivity index (χ2v) is 10.7. The van der Waals surface area contributed by atoms with Crippen LogP contribution in [0.2, 0.25) is 5.02 Å². The predicted octanol–water partition coefficient (Wildman–Crippen LogP) is 7.04. The first-order valence-corrected chi connectivity index (χ1v) is 12.7. The van der Waals surface area contributed by atoms with Gasteiger partial charge in [-0.3, -0.25) is 4.79 Å². The van der Waals surface area contributed by atoms with Gasteiger partial charge in [0.25, 0.3) is 5.91 Å². The number of rotatable bonds is 6. The molecule has 0 saturated carbocycles. The van der Waals surface area contributed by atoms with Crippen LogP contribution in [0.1, 0.15) is 58.6 Å². The van der Waals surface area contributed by atoms with Gasteiger partial charge in [0.15, 0.2) is 0 Å². The molecule has 9 heteroatoms. The summed E-state index contributed by atoms with van der Waals surface area (Å²) in [6, 6.07) is 10.1. The molecule has 0 bridgehead atoms. The number of carbonyl (C=O) groups excluding carboxylic acids is 3. The highest BCUT2D eigenvalue weighted by Crippen LogP contribution is 2.42. The van der Waals surface area contributed by atoms with Crippen LogP contribution in [0.3, 0.4) is 0 Å². The highest BCUT2D eigenvalue weighted by atomic mass is 79.9. The van der Waals surface area contributed by atoms with Gasteiger partial charge in [-0.1, -0.05) is 47.4 Å². The Bertz CT molecular complexity index is 1230. The zero-order chi connectivity index (χ0) is 26.8. The van der Waals surface area contributed by atoms with Crippen molar-refractivity contribution in [1.29, 1.82) is 0 Å². The van der Waals surface area contributed by atoms with Gasteiger partial charge in [-0.05, 0) is 70.0 Å². The summed E-state index contributed by atoms with van der Waals surface area (Å²) in [5.41, 5.74) is -0.328. The number of hydrogen-bond acceptors (Lipinski definition) is 6. The molecule has 0 fully saturated rings. The van der Waals surface area contributed by atoms with E-state index in [1.807, 2.05) is 13.8 Å². The second kappa shape index (κ2) is 10.6. The topological polar surface area (TPSA) is 82.1 Å². The highest BCUT2D eigenvalue weighted by molar-refractivity contribution is 9.10. The van der Waals surface area contributed by atoms with E-state index in [9.17, 15) is 14.4 Å². The Balaban J connectivity index is 2.14. The molecule has 192 valence electrons. The van der Waals surface area contributed by atoms with Crippen molar-refractivity contribution in [2.24, 2.45) is 0 Å². The number of hydrogen-bond donors (Lipinski definition) is 0. The molecular weight excluding hydrogens is 550 g/mol. The lowest BCUT2D eigenvalue weighted by Gasteiger charge is -2.30. The number of benzene rings is 2. The van der Waals surface area contributed by atoms with Crippen LogP contribution in [0.4, 0.5) is 10.5 Å². The summed E-state index contributed by atoms with van der Waals surface area (Å²) in [5, 5.41) is 0.413. The maximum absolute atomic E-state index is 13.5. The number of amides is 2. The van der Waals surface area contributed by atoms with Gasteiger partial charge in [0.05, 0.1) is 18.4 Å². The zero-order valence-corrected chi connectivity index (χ0v) is 23.5. The number of ether oxygens (including phenoxy) is 3. The number of carbonyl (C=O) groups is 3. The molecule has 1 heterocycles. The van der Waals surface area contributed by atoms with Gasteiger partial charge >= 0.3 is 12.1 Å². The van der Waals surface area contributed by atoms with E-state index >= 15 is 0 Å². The van der Waals surface area contributed by atoms with Crippen LogP contribution in [-0.4, -0.2) is 36.3 Å². The summed E-state index contributed by atoms with van der Waals surface area (Å²) in [4.78, 5) is 40.1. The molecule has 0 aromatic heterocycles. The van der Waals surface area contributed by atoms with Crippen LogP contribution in [0, 0.1) is 0 Å². The van der Waals surface area contributed by atoms with Crippen molar-refractivity contribution >= 4 is 62.8 Å². The van der Waals surface area contributed by atoms with Gasteiger partial charge in [-0.2, -0.15) is 0 Å². The fourth-order valence-electron chi connectivity index (χ4n) is 3.89. The molecule has 0 atom stereocenters. The van der Waals surface area contributed by atoms with Crippen molar-refractivity contribution in [3.05, 3.63) is 57.0 Å². The van der Waals surface area contributed by atoms with Gasteiger partial charge in [-0.25, -0.2) is 14.5 Å². The molecule has 36 heavy (non-hydrogen) atoms. The smallest absolute Gasteiger partial charge is 0.422 e. The minimum Gasteiger partial charge on any atom is -0.475 e. The highest BCUT2D eigenvalue weighted by Gasteiger charge is 2.41. The number of anilines is 1. The molecule has 3 rings (SSSR count). The quantitative estimate of drug-likeness (QED) is 0.270. The Morgan fingerprint density at radius 1 is 1.08 bits per heavy atom. The van der Waals surface area contributed by atoms with E-state index in [-0.39, 0.29) is 5.57 Å².